The molecule has 4 rings (SSSR count). The van der Waals surface area contributed by atoms with Crippen LogP contribution in [-0.2, 0) is 6.54 Å². The van der Waals surface area contributed by atoms with Gasteiger partial charge in [-0.1, -0.05) is 54.1 Å². The summed E-state index contributed by atoms with van der Waals surface area (Å²) in [5.74, 6) is 0.895. The predicted molar refractivity (Wildman–Crippen MR) is 104 cm³/mol. The minimum atomic E-state index is 0.709. The average Bonchev–Trinajstić information content (AvgIpc) is 3.07. The number of hydrogen-bond acceptors (Lipinski definition) is 5. The van der Waals surface area contributed by atoms with Crippen LogP contribution in [0.4, 0.5) is 5.82 Å². The van der Waals surface area contributed by atoms with Gasteiger partial charge in [0.2, 0.25) is 0 Å². The minimum Gasteiger partial charge on any atom is -0.354 e. The van der Waals surface area contributed by atoms with Crippen molar-refractivity contribution in [2.75, 3.05) is 11.9 Å². The molecule has 4 nitrogen and oxygen atoms in total. The standard InChI is InChI=1S/C19H15ClN4S/c1-24(11-13-5-3-2-4-6-13)19-18-17(21-12-22-19)16(23-25-18)14-7-9-15(20)10-8-14/h2-10,12H,11H2,1H3. The second-order valence-electron chi connectivity index (χ2n) is 5.75. The van der Waals surface area contributed by atoms with E-state index in [0.717, 1.165) is 33.8 Å². The molecule has 0 aliphatic rings. The zero-order valence-electron chi connectivity index (χ0n) is 13.6. The molecule has 0 radical (unpaired) electrons. The number of nitrogens with zero attached hydrogens (tertiary/aromatic N) is 4. The minimum absolute atomic E-state index is 0.709. The van der Waals surface area contributed by atoms with E-state index in [0.29, 0.717) is 5.02 Å². The van der Waals surface area contributed by atoms with E-state index >= 15 is 0 Å². The summed E-state index contributed by atoms with van der Waals surface area (Å²) in [6, 6.07) is 18.0. The second-order valence-corrected chi connectivity index (χ2v) is 6.96. The number of aromatic nitrogens is 3. The third-order valence-corrected chi connectivity index (χ3v) is 5.06. The Bertz CT molecular complexity index is 999. The Kier molecular flexibility index (Phi) is 4.34. The van der Waals surface area contributed by atoms with E-state index in [1.54, 1.807) is 6.33 Å². The lowest BCUT2D eigenvalue weighted by molar-refractivity contribution is 0.902. The van der Waals surface area contributed by atoms with E-state index in [1.165, 1.54) is 17.1 Å². The Hall–Kier alpha value is -2.50. The summed E-state index contributed by atoms with van der Waals surface area (Å²) in [5, 5.41) is 0.709. The number of benzene rings is 2. The lowest BCUT2D eigenvalue weighted by Gasteiger charge is -2.18. The third-order valence-electron chi connectivity index (χ3n) is 3.98. The zero-order chi connectivity index (χ0) is 17.2. The predicted octanol–water partition coefficient (Wildman–Crippen LogP) is 5.04. The second kappa shape index (κ2) is 6.78. The van der Waals surface area contributed by atoms with Crippen LogP contribution in [0.1, 0.15) is 5.56 Å². The number of anilines is 1. The molecule has 0 saturated heterocycles. The highest BCUT2D eigenvalue weighted by molar-refractivity contribution is 7.14. The Morgan fingerprint density at radius 3 is 2.52 bits per heavy atom. The molecule has 2 aromatic heterocycles. The summed E-state index contributed by atoms with van der Waals surface area (Å²) in [6.45, 7) is 0.779. The van der Waals surface area contributed by atoms with Crippen molar-refractivity contribution in [2.45, 2.75) is 6.54 Å². The van der Waals surface area contributed by atoms with Crippen LogP contribution in [0.3, 0.4) is 0 Å². The molecule has 0 aliphatic heterocycles. The molecule has 0 saturated carbocycles. The fraction of sp³-hybridized carbons (Fsp3) is 0.105. The van der Waals surface area contributed by atoms with E-state index in [1.807, 2.05) is 49.5 Å². The first-order chi connectivity index (χ1) is 12.2. The van der Waals surface area contributed by atoms with Crippen molar-refractivity contribution < 1.29 is 0 Å². The summed E-state index contributed by atoms with van der Waals surface area (Å²) in [7, 11) is 2.04. The first-order valence-electron chi connectivity index (χ1n) is 7.84. The molecule has 0 amide bonds. The van der Waals surface area contributed by atoms with Gasteiger partial charge in [-0.25, -0.2) is 9.97 Å². The SMILES string of the molecule is CN(Cc1ccccc1)c1ncnc2c(-c3ccc(Cl)cc3)nsc12. The van der Waals surface area contributed by atoms with E-state index in [2.05, 4.69) is 31.4 Å². The van der Waals surface area contributed by atoms with Crippen LogP contribution in [0, 0.1) is 0 Å². The van der Waals surface area contributed by atoms with Gasteiger partial charge >= 0.3 is 0 Å². The highest BCUT2D eigenvalue weighted by atomic mass is 35.5. The van der Waals surface area contributed by atoms with Crippen LogP contribution in [0.2, 0.25) is 5.02 Å². The number of hydrogen-bond donors (Lipinski definition) is 0. The third kappa shape index (κ3) is 3.21. The summed E-state index contributed by atoms with van der Waals surface area (Å²) in [4.78, 5) is 11.1. The average molecular weight is 367 g/mol. The molecular formula is C19H15ClN4S. The maximum atomic E-state index is 5.99. The van der Waals surface area contributed by atoms with Crippen molar-refractivity contribution in [3.63, 3.8) is 0 Å². The van der Waals surface area contributed by atoms with Gasteiger partial charge in [-0.05, 0) is 29.2 Å². The van der Waals surface area contributed by atoms with E-state index in [9.17, 15) is 0 Å². The summed E-state index contributed by atoms with van der Waals surface area (Å²) >= 11 is 7.41. The van der Waals surface area contributed by atoms with Gasteiger partial charge in [0.05, 0.1) is 0 Å². The largest absolute Gasteiger partial charge is 0.354 e. The van der Waals surface area contributed by atoms with Crippen LogP contribution in [0.15, 0.2) is 60.9 Å². The number of halogens is 1. The van der Waals surface area contributed by atoms with Crippen molar-refractivity contribution in [3.8, 4) is 11.3 Å². The molecule has 0 bridgehead atoms. The zero-order valence-corrected chi connectivity index (χ0v) is 15.1. The van der Waals surface area contributed by atoms with Crippen LogP contribution in [0.25, 0.3) is 21.5 Å². The summed E-state index contributed by atoms with van der Waals surface area (Å²) < 4.78 is 5.61. The lowest BCUT2D eigenvalue weighted by atomic mass is 10.1. The number of fused-ring (bicyclic) bond motifs is 1. The molecule has 0 N–H and O–H groups in total. The molecule has 4 aromatic rings. The van der Waals surface area contributed by atoms with Crippen molar-refractivity contribution in [2.24, 2.45) is 0 Å². The van der Waals surface area contributed by atoms with Crippen molar-refractivity contribution in [3.05, 3.63) is 71.5 Å². The Balaban J connectivity index is 1.72. The molecule has 25 heavy (non-hydrogen) atoms. The van der Waals surface area contributed by atoms with Crippen molar-refractivity contribution >= 4 is 39.2 Å². The van der Waals surface area contributed by atoms with Gasteiger partial charge in [-0.3, -0.25) is 0 Å². The van der Waals surface area contributed by atoms with Gasteiger partial charge in [0.15, 0.2) is 5.82 Å². The highest BCUT2D eigenvalue weighted by Crippen LogP contribution is 2.34. The maximum Gasteiger partial charge on any atom is 0.151 e. The van der Waals surface area contributed by atoms with Crippen LogP contribution in [0.5, 0.6) is 0 Å². The topological polar surface area (TPSA) is 41.9 Å². The van der Waals surface area contributed by atoms with Gasteiger partial charge < -0.3 is 4.90 Å². The molecule has 0 fully saturated rings. The first-order valence-corrected chi connectivity index (χ1v) is 8.99. The summed E-state index contributed by atoms with van der Waals surface area (Å²) in [5.41, 5.74) is 3.98. The molecule has 124 valence electrons. The Morgan fingerprint density at radius 2 is 1.76 bits per heavy atom. The highest BCUT2D eigenvalue weighted by Gasteiger charge is 2.16. The van der Waals surface area contributed by atoms with Gasteiger partial charge in [0.1, 0.15) is 22.2 Å². The molecule has 6 heteroatoms. The van der Waals surface area contributed by atoms with Crippen LogP contribution >= 0.6 is 23.1 Å². The first kappa shape index (κ1) is 16.0. The Morgan fingerprint density at radius 1 is 1.00 bits per heavy atom. The molecule has 2 heterocycles. The van der Waals surface area contributed by atoms with Gasteiger partial charge in [-0.15, -0.1) is 0 Å². The van der Waals surface area contributed by atoms with Crippen LogP contribution in [-0.4, -0.2) is 21.4 Å². The fourth-order valence-corrected chi connectivity index (χ4v) is 3.78. The molecule has 0 atom stereocenters. The normalized spacial score (nSPS) is 11.0. The lowest BCUT2D eigenvalue weighted by Crippen LogP contribution is -2.17. The molecular weight excluding hydrogens is 352 g/mol. The van der Waals surface area contributed by atoms with Gasteiger partial charge in [-0.2, -0.15) is 4.37 Å². The molecule has 0 unspecified atom stereocenters. The maximum absolute atomic E-state index is 5.99. The smallest absolute Gasteiger partial charge is 0.151 e. The van der Waals surface area contributed by atoms with E-state index < -0.39 is 0 Å². The molecule has 2 aromatic carbocycles. The van der Waals surface area contributed by atoms with Gasteiger partial charge in [0, 0.05) is 24.2 Å². The molecule has 0 aliphatic carbocycles. The van der Waals surface area contributed by atoms with Crippen LogP contribution < -0.4 is 4.90 Å². The van der Waals surface area contributed by atoms with Crippen molar-refractivity contribution in [1.82, 2.24) is 14.3 Å². The van der Waals surface area contributed by atoms with Crippen molar-refractivity contribution in [1.29, 1.82) is 0 Å². The monoisotopic (exact) mass is 366 g/mol. The fourth-order valence-electron chi connectivity index (χ4n) is 2.75. The number of rotatable bonds is 4. The van der Waals surface area contributed by atoms with Gasteiger partial charge in [0.25, 0.3) is 0 Å². The molecule has 0 spiro atoms. The quantitative estimate of drug-likeness (QED) is 0.507. The Labute approximate surface area is 154 Å². The summed E-state index contributed by atoms with van der Waals surface area (Å²) in [6.07, 6.45) is 1.60. The van der Waals surface area contributed by atoms with E-state index in [4.69, 9.17) is 11.6 Å². The van der Waals surface area contributed by atoms with E-state index in [-0.39, 0.29) is 0 Å².